The normalized spacial score (nSPS) is 13.3. The van der Waals surface area contributed by atoms with Crippen LogP contribution in [0, 0.1) is 11.3 Å². The van der Waals surface area contributed by atoms with Crippen LogP contribution in [0.5, 0.6) is 0 Å². The molecule has 4 aromatic carbocycles. The zero-order valence-corrected chi connectivity index (χ0v) is 21.0. The predicted molar refractivity (Wildman–Crippen MR) is 154 cm³/mol. The van der Waals surface area contributed by atoms with Crippen LogP contribution in [0.4, 0.5) is 0 Å². The van der Waals surface area contributed by atoms with Crippen molar-refractivity contribution in [1.82, 2.24) is 9.97 Å². The molecule has 39 heavy (non-hydrogen) atoms. The number of hydrogen-bond donors (Lipinski definition) is 0. The molecular formula is C36H21N3. The molecule has 0 bridgehead atoms. The maximum Gasteiger partial charge on any atom is 0.101 e. The third-order valence-electron chi connectivity index (χ3n) is 8.21. The van der Waals surface area contributed by atoms with Crippen molar-refractivity contribution in [3.8, 4) is 50.8 Å². The lowest BCUT2D eigenvalue weighted by Gasteiger charge is -2.30. The van der Waals surface area contributed by atoms with Gasteiger partial charge in [-0.1, -0.05) is 91.0 Å². The van der Waals surface area contributed by atoms with Crippen LogP contribution in [0.25, 0.3) is 44.8 Å². The Morgan fingerprint density at radius 2 is 1.08 bits per heavy atom. The Morgan fingerprint density at radius 1 is 0.513 bits per heavy atom. The Bertz CT molecular complexity index is 1930. The largest absolute Gasteiger partial charge is 0.263 e. The highest BCUT2D eigenvalue weighted by molar-refractivity contribution is 5.95. The highest BCUT2D eigenvalue weighted by atomic mass is 14.7. The topological polar surface area (TPSA) is 49.6 Å². The summed E-state index contributed by atoms with van der Waals surface area (Å²) < 4.78 is 0. The van der Waals surface area contributed by atoms with Crippen molar-refractivity contribution in [2.45, 2.75) is 5.41 Å². The molecule has 0 atom stereocenters. The average Bonchev–Trinajstić information content (AvgIpc) is 3.48. The molecule has 0 saturated carbocycles. The van der Waals surface area contributed by atoms with Gasteiger partial charge in [0.15, 0.2) is 0 Å². The predicted octanol–water partition coefficient (Wildman–Crippen LogP) is 8.03. The maximum absolute atomic E-state index is 9.34. The van der Waals surface area contributed by atoms with Crippen molar-refractivity contribution in [3.05, 3.63) is 155 Å². The Kier molecular flexibility index (Phi) is 4.50. The summed E-state index contributed by atoms with van der Waals surface area (Å²) >= 11 is 0. The SMILES string of the molecule is N#Cc1cncc(-c2cccc(-c3ccc4c(c3)C3(c5ccccc5-c5ccccc53)c3ccccc3-4)n2)c1. The van der Waals surface area contributed by atoms with Crippen LogP contribution in [-0.2, 0) is 5.41 Å². The fourth-order valence-electron chi connectivity index (χ4n) is 6.65. The molecule has 3 heteroatoms. The van der Waals surface area contributed by atoms with E-state index in [0.717, 1.165) is 22.5 Å². The minimum absolute atomic E-state index is 0.377. The molecule has 0 N–H and O–H groups in total. The summed E-state index contributed by atoms with van der Waals surface area (Å²) in [5, 5.41) is 9.34. The summed E-state index contributed by atoms with van der Waals surface area (Å²) in [5.41, 5.74) is 14.2. The van der Waals surface area contributed by atoms with Gasteiger partial charge in [0.1, 0.15) is 6.07 Å². The van der Waals surface area contributed by atoms with Crippen LogP contribution >= 0.6 is 0 Å². The Hall–Kier alpha value is -5.33. The van der Waals surface area contributed by atoms with E-state index in [-0.39, 0.29) is 5.41 Å². The monoisotopic (exact) mass is 495 g/mol. The van der Waals surface area contributed by atoms with E-state index >= 15 is 0 Å². The molecule has 0 unspecified atom stereocenters. The number of aromatic nitrogens is 2. The van der Waals surface area contributed by atoms with Crippen LogP contribution in [0.1, 0.15) is 27.8 Å². The number of nitriles is 1. The quantitative estimate of drug-likeness (QED) is 0.244. The average molecular weight is 496 g/mol. The first kappa shape index (κ1) is 21.7. The highest BCUT2D eigenvalue weighted by Crippen LogP contribution is 2.62. The molecule has 1 spiro atoms. The molecule has 2 aliphatic carbocycles. The lowest BCUT2D eigenvalue weighted by atomic mass is 9.70. The summed E-state index contributed by atoms with van der Waals surface area (Å²) in [6.07, 6.45) is 3.33. The smallest absolute Gasteiger partial charge is 0.101 e. The molecular weight excluding hydrogens is 474 g/mol. The van der Waals surface area contributed by atoms with Gasteiger partial charge in [0.2, 0.25) is 0 Å². The lowest BCUT2D eigenvalue weighted by Crippen LogP contribution is -2.25. The second-order valence-corrected chi connectivity index (χ2v) is 10.1. The zero-order valence-electron chi connectivity index (χ0n) is 21.0. The van der Waals surface area contributed by atoms with E-state index in [9.17, 15) is 5.26 Å². The summed E-state index contributed by atoms with van der Waals surface area (Å²) in [5.74, 6) is 0. The van der Waals surface area contributed by atoms with Crippen LogP contribution in [0.3, 0.4) is 0 Å². The fourth-order valence-corrected chi connectivity index (χ4v) is 6.65. The number of benzene rings is 4. The number of pyridine rings is 2. The van der Waals surface area contributed by atoms with Crippen molar-refractivity contribution < 1.29 is 0 Å². The molecule has 3 nitrogen and oxygen atoms in total. The second-order valence-electron chi connectivity index (χ2n) is 10.1. The molecule has 0 saturated heterocycles. The highest BCUT2D eigenvalue weighted by Gasteiger charge is 2.51. The van der Waals surface area contributed by atoms with Crippen molar-refractivity contribution >= 4 is 0 Å². The Balaban J connectivity index is 1.38. The van der Waals surface area contributed by atoms with E-state index in [1.165, 1.54) is 44.5 Å². The van der Waals surface area contributed by atoms with Gasteiger partial charge in [-0.3, -0.25) is 4.98 Å². The molecule has 2 aliphatic rings. The molecule has 0 aliphatic heterocycles. The van der Waals surface area contributed by atoms with Crippen LogP contribution < -0.4 is 0 Å². The Morgan fingerprint density at radius 3 is 1.69 bits per heavy atom. The first-order valence-corrected chi connectivity index (χ1v) is 13.1. The first-order chi connectivity index (χ1) is 19.3. The van der Waals surface area contributed by atoms with E-state index in [2.05, 4.69) is 108 Å². The van der Waals surface area contributed by atoms with E-state index in [0.29, 0.717) is 5.56 Å². The van der Waals surface area contributed by atoms with Crippen molar-refractivity contribution in [2.24, 2.45) is 0 Å². The summed E-state index contributed by atoms with van der Waals surface area (Å²) in [7, 11) is 0. The van der Waals surface area contributed by atoms with Gasteiger partial charge in [0, 0.05) is 23.5 Å². The van der Waals surface area contributed by atoms with Gasteiger partial charge >= 0.3 is 0 Å². The van der Waals surface area contributed by atoms with Crippen LogP contribution in [0.15, 0.2) is 128 Å². The summed E-state index contributed by atoms with van der Waals surface area (Å²) in [4.78, 5) is 9.25. The van der Waals surface area contributed by atoms with Crippen molar-refractivity contribution in [1.29, 1.82) is 5.26 Å². The number of hydrogen-bond acceptors (Lipinski definition) is 3. The van der Waals surface area contributed by atoms with Gasteiger partial charge in [-0.05, 0) is 68.8 Å². The minimum Gasteiger partial charge on any atom is -0.263 e. The van der Waals surface area contributed by atoms with E-state index < -0.39 is 0 Å². The minimum atomic E-state index is -0.377. The summed E-state index contributed by atoms with van der Waals surface area (Å²) in [6.45, 7) is 0. The van der Waals surface area contributed by atoms with E-state index in [1.54, 1.807) is 12.4 Å². The first-order valence-electron chi connectivity index (χ1n) is 13.1. The van der Waals surface area contributed by atoms with E-state index in [4.69, 9.17) is 4.98 Å². The van der Waals surface area contributed by atoms with E-state index in [1.807, 2.05) is 18.2 Å². The molecule has 6 aromatic rings. The van der Waals surface area contributed by atoms with Crippen molar-refractivity contribution in [2.75, 3.05) is 0 Å². The molecule has 2 aromatic heterocycles. The molecule has 0 amide bonds. The van der Waals surface area contributed by atoms with Gasteiger partial charge in [-0.25, -0.2) is 4.98 Å². The molecule has 2 heterocycles. The third-order valence-corrected chi connectivity index (χ3v) is 8.21. The number of rotatable bonds is 2. The zero-order chi connectivity index (χ0) is 26.0. The van der Waals surface area contributed by atoms with Gasteiger partial charge in [0.05, 0.1) is 22.4 Å². The molecule has 0 fully saturated rings. The van der Waals surface area contributed by atoms with Gasteiger partial charge in [-0.15, -0.1) is 0 Å². The second kappa shape index (κ2) is 8.08. The van der Waals surface area contributed by atoms with Gasteiger partial charge in [0.25, 0.3) is 0 Å². The molecule has 180 valence electrons. The number of fused-ring (bicyclic) bond motifs is 10. The summed E-state index contributed by atoms with van der Waals surface area (Å²) in [6, 6.07) is 43.3. The third kappa shape index (κ3) is 2.92. The maximum atomic E-state index is 9.34. The van der Waals surface area contributed by atoms with Gasteiger partial charge in [-0.2, -0.15) is 5.26 Å². The van der Waals surface area contributed by atoms with Crippen LogP contribution in [0.2, 0.25) is 0 Å². The fraction of sp³-hybridized carbons (Fsp3) is 0.0278. The van der Waals surface area contributed by atoms with Gasteiger partial charge < -0.3 is 0 Å². The molecule has 0 radical (unpaired) electrons. The number of nitrogens with zero attached hydrogens (tertiary/aromatic N) is 3. The Labute approximate surface area is 226 Å². The van der Waals surface area contributed by atoms with Crippen LogP contribution in [-0.4, -0.2) is 9.97 Å². The lowest BCUT2D eigenvalue weighted by molar-refractivity contribution is 0.794. The van der Waals surface area contributed by atoms with Crippen molar-refractivity contribution in [3.63, 3.8) is 0 Å². The standard InChI is InChI=1S/C36H21N3/c37-20-23-18-25(22-38-21-23)35-15-7-14-34(39-35)24-16-17-29-28-10-3-6-13-32(28)36(33(29)19-24)30-11-4-1-8-26(30)27-9-2-5-12-31(27)36/h1-19,21-22H. The molecule has 8 rings (SSSR count).